The first-order valence-corrected chi connectivity index (χ1v) is 10.1. The predicted octanol–water partition coefficient (Wildman–Crippen LogP) is 1.58. The Morgan fingerprint density at radius 1 is 1.19 bits per heavy atom. The van der Waals surface area contributed by atoms with E-state index in [1.165, 1.54) is 0 Å². The van der Waals surface area contributed by atoms with Crippen LogP contribution in [0.25, 0.3) is 0 Å². The number of benzene rings is 1. The molecule has 1 heterocycles. The van der Waals surface area contributed by atoms with Crippen molar-refractivity contribution in [3.63, 3.8) is 0 Å². The van der Waals surface area contributed by atoms with Gasteiger partial charge in [0.15, 0.2) is 0 Å². The maximum atomic E-state index is 13.7. The van der Waals surface area contributed by atoms with E-state index in [0.717, 1.165) is 6.07 Å². The van der Waals surface area contributed by atoms with E-state index in [1.807, 2.05) is 0 Å². The topological polar surface area (TPSA) is 80.3 Å². The molecule has 2 rings (SSSR count). The minimum Gasteiger partial charge on any atom is -0.229 e. The predicted molar refractivity (Wildman–Crippen MR) is 76.1 cm³/mol. The number of rotatable bonds is 3. The van der Waals surface area contributed by atoms with Gasteiger partial charge in [-0.05, 0) is 34.8 Å². The third-order valence-corrected chi connectivity index (χ3v) is 7.31. The van der Waals surface area contributed by atoms with Crippen molar-refractivity contribution in [2.24, 2.45) is 0 Å². The fourth-order valence-electron chi connectivity index (χ4n) is 2.07. The van der Waals surface area contributed by atoms with Gasteiger partial charge in [-0.1, -0.05) is 0 Å². The molecule has 1 N–H and O–H groups in total. The van der Waals surface area contributed by atoms with Crippen LogP contribution in [0.5, 0.6) is 0 Å². The normalized spacial score (nSPS) is 19.6. The second-order valence-corrected chi connectivity index (χ2v) is 9.55. The Balaban J connectivity index is 2.24. The molecule has 21 heavy (non-hydrogen) atoms. The number of hydrogen-bond acceptors (Lipinski definition) is 4. The zero-order chi connectivity index (χ0) is 15.8. The fourth-order valence-corrected chi connectivity index (χ4v) is 6.03. The minimum atomic E-state index is -4.21. The molecule has 0 saturated carbocycles. The van der Waals surface area contributed by atoms with Gasteiger partial charge in [0.05, 0.1) is 11.5 Å². The Morgan fingerprint density at radius 2 is 1.76 bits per heavy atom. The Hall–Kier alpha value is -0.580. The zero-order valence-electron chi connectivity index (χ0n) is 10.6. The Bertz CT molecular complexity index is 727. The summed E-state index contributed by atoms with van der Waals surface area (Å²) >= 11 is 2.82. The quantitative estimate of drug-likeness (QED) is 0.830. The largest absolute Gasteiger partial charge is 0.244 e. The monoisotopic (exact) mass is 403 g/mol. The third-order valence-electron chi connectivity index (χ3n) is 3.11. The van der Waals surface area contributed by atoms with Crippen LogP contribution >= 0.6 is 15.9 Å². The van der Waals surface area contributed by atoms with Gasteiger partial charge in [-0.3, -0.25) is 0 Å². The molecule has 1 fully saturated rings. The molecule has 0 atom stereocenters. The molecule has 0 unspecified atom stereocenters. The van der Waals surface area contributed by atoms with Gasteiger partial charge in [0.2, 0.25) is 10.0 Å². The van der Waals surface area contributed by atoms with Crippen molar-refractivity contribution in [1.82, 2.24) is 4.72 Å². The van der Waals surface area contributed by atoms with Gasteiger partial charge >= 0.3 is 0 Å². The summed E-state index contributed by atoms with van der Waals surface area (Å²) in [5, 5.41) is 0. The molecule has 1 aromatic rings. The van der Waals surface area contributed by atoms with E-state index in [4.69, 9.17) is 0 Å². The van der Waals surface area contributed by atoms with Gasteiger partial charge in [-0.15, -0.1) is 0 Å². The maximum Gasteiger partial charge on any atom is 0.244 e. The molecule has 10 heteroatoms. The standard InChI is InChI=1S/C11H12BrF2NO4S2/c12-9-5-7(13)6-10(14)11(9)21(18,19)15-8-1-3-20(16,17)4-2-8/h5-6,8,15H,1-4H2. The molecule has 1 aliphatic heterocycles. The van der Waals surface area contributed by atoms with Gasteiger partial charge in [-0.2, -0.15) is 0 Å². The Labute approximate surface area is 129 Å². The molecule has 0 radical (unpaired) electrons. The lowest BCUT2D eigenvalue weighted by atomic mass is 10.2. The van der Waals surface area contributed by atoms with Crippen molar-refractivity contribution in [1.29, 1.82) is 0 Å². The van der Waals surface area contributed by atoms with Crippen LogP contribution in [0, 0.1) is 11.6 Å². The molecular formula is C11H12BrF2NO4S2. The Kier molecular flexibility index (Phi) is 4.72. The van der Waals surface area contributed by atoms with Crippen molar-refractivity contribution < 1.29 is 25.6 Å². The molecule has 0 spiro atoms. The lowest BCUT2D eigenvalue weighted by Gasteiger charge is -2.23. The van der Waals surface area contributed by atoms with E-state index < -0.39 is 42.4 Å². The molecule has 1 saturated heterocycles. The first-order valence-electron chi connectivity index (χ1n) is 5.98. The van der Waals surface area contributed by atoms with Crippen molar-refractivity contribution in [2.75, 3.05) is 11.5 Å². The van der Waals surface area contributed by atoms with Crippen LogP contribution < -0.4 is 4.72 Å². The molecule has 1 aromatic carbocycles. The SMILES string of the molecule is O=S1(=O)CCC(NS(=O)(=O)c2c(F)cc(F)cc2Br)CC1. The van der Waals surface area contributed by atoms with E-state index in [-0.39, 0.29) is 28.8 Å². The van der Waals surface area contributed by atoms with Gasteiger partial charge in [0.25, 0.3) is 0 Å². The van der Waals surface area contributed by atoms with Crippen molar-refractivity contribution >= 4 is 35.8 Å². The van der Waals surface area contributed by atoms with Crippen LogP contribution in [0.4, 0.5) is 8.78 Å². The van der Waals surface area contributed by atoms with Crippen LogP contribution in [0.1, 0.15) is 12.8 Å². The summed E-state index contributed by atoms with van der Waals surface area (Å²) in [5.74, 6) is -2.35. The number of halogens is 3. The molecule has 118 valence electrons. The first-order chi connectivity index (χ1) is 9.61. The average Bonchev–Trinajstić information content (AvgIpc) is 2.30. The van der Waals surface area contributed by atoms with E-state index in [2.05, 4.69) is 20.7 Å². The van der Waals surface area contributed by atoms with Gasteiger partial charge in [-0.25, -0.2) is 30.3 Å². The van der Waals surface area contributed by atoms with Crippen LogP contribution in [-0.4, -0.2) is 34.4 Å². The summed E-state index contributed by atoms with van der Waals surface area (Å²) in [5.41, 5.74) is 0. The summed E-state index contributed by atoms with van der Waals surface area (Å²) in [4.78, 5) is -0.683. The lowest BCUT2D eigenvalue weighted by Crippen LogP contribution is -2.41. The first kappa shape index (κ1) is 16.8. The average molecular weight is 404 g/mol. The molecule has 0 aromatic heterocycles. The van der Waals surface area contributed by atoms with Gasteiger partial charge in [0.1, 0.15) is 26.4 Å². The second-order valence-electron chi connectivity index (χ2n) is 4.75. The smallest absolute Gasteiger partial charge is 0.229 e. The lowest BCUT2D eigenvalue weighted by molar-refractivity contribution is 0.498. The number of hydrogen-bond donors (Lipinski definition) is 1. The van der Waals surface area contributed by atoms with E-state index in [1.54, 1.807) is 0 Å². The minimum absolute atomic E-state index is 0.118. The van der Waals surface area contributed by atoms with Crippen LogP contribution in [0.15, 0.2) is 21.5 Å². The third kappa shape index (κ3) is 3.99. The molecule has 0 aliphatic carbocycles. The summed E-state index contributed by atoms with van der Waals surface area (Å²) in [6, 6.07) is 0.739. The molecular weight excluding hydrogens is 392 g/mol. The van der Waals surface area contributed by atoms with Gasteiger partial charge < -0.3 is 0 Å². The van der Waals surface area contributed by atoms with E-state index in [9.17, 15) is 25.6 Å². The van der Waals surface area contributed by atoms with E-state index >= 15 is 0 Å². The van der Waals surface area contributed by atoms with Gasteiger partial charge in [0, 0.05) is 16.6 Å². The summed E-state index contributed by atoms with van der Waals surface area (Å²) in [6.45, 7) is 0. The van der Waals surface area contributed by atoms with Crippen molar-refractivity contribution in [3.8, 4) is 0 Å². The highest BCUT2D eigenvalue weighted by Gasteiger charge is 2.30. The van der Waals surface area contributed by atoms with E-state index in [0.29, 0.717) is 6.07 Å². The maximum absolute atomic E-state index is 13.7. The summed E-state index contributed by atoms with van der Waals surface area (Å²) in [7, 11) is -7.33. The highest BCUT2D eigenvalue weighted by molar-refractivity contribution is 9.10. The summed E-state index contributed by atoms with van der Waals surface area (Å²) < 4.78 is 75.6. The fraction of sp³-hybridized carbons (Fsp3) is 0.455. The van der Waals surface area contributed by atoms with Crippen LogP contribution in [0.3, 0.4) is 0 Å². The Morgan fingerprint density at radius 3 is 2.29 bits per heavy atom. The summed E-state index contributed by atoms with van der Waals surface area (Å²) in [6.07, 6.45) is 0.254. The number of sulfonamides is 1. The highest BCUT2D eigenvalue weighted by Crippen LogP contribution is 2.27. The van der Waals surface area contributed by atoms with Crippen molar-refractivity contribution in [2.45, 2.75) is 23.8 Å². The number of sulfone groups is 1. The second kappa shape index (κ2) is 5.90. The zero-order valence-corrected chi connectivity index (χ0v) is 13.9. The van der Waals surface area contributed by atoms with Crippen molar-refractivity contribution in [3.05, 3.63) is 28.2 Å². The molecule has 0 amide bonds. The highest BCUT2D eigenvalue weighted by atomic mass is 79.9. The van der Waals surface area contributed by atoms with Crippen LogP contribution in [0.2, 0.25) is 0 Å². The molecule has 1 aliphatic rings. The number of nitrogens with one attached hydrogen (secondary N) is 1. The molecule has 0 bridgehead atoms. The van der Waals surface area contributed by atoms with Crippen LogP contribution in [-0.2, 0) is 19.9 Å². The molecule has 5 nitrogen and oxygen atoms in total.